The zero-order valence-electron chi connectivity index (χ0n) is 10.1. The first-order valence-electron chi connectivity index (χ1n) is 5.67. The first-order valence-corrected chi connectivity index (χ1v) is 5.67. The van der Waals surface area contributed by atoms with Gasteiger partial charge in [-0.25, -0.2) is 4.79 Å². The van der Waals surface area contributed by atoms with Crippen LogP contribution >= 0.6 is 0 Å². The number of hydrogen-bond acceptors (Lipinski definition) is 1. The molecule has 1 N–H and O–H groups in total. The second-order valence-corrected chi connectivity index (χ2v) is 3.65. The Morgan fingerprint density at radius 3 is 2.06 bits per heavy atom. The van der Waals surface area contributed by atoms with E-state index in [-0.39, 0.29) is 0 Å². The number of carboxylic acids is 1. The van der Waals surface area contributed by atoms with Crippen LogP contribution < -0.4 is 0 Å². The molecule has 2 rings (SSSR count). The zero-order valence-corrected chi connectivity index (χ0v) is 10.1. The number of rotatable bonds is 3. The van der Waals surface area contributed by atoms with Gasteiger partial charge >= 0.3 is 5.97 Å². The minimum Gasteiger partial charge on any atom is -0.478 e. The molecule has 0 spiro atoms. The lowest BCUT2D eigenvalue weighted by Crippen LogP contribution is -1.96. The average molecular weight is 240 g/mol. The SMILES string of the molecule is C=CCc1cccc(C(=O)O)c1.c1ccccc1. The van der Waals surface area contributed by atoms with E-state index < -0.39 is 5.97 Å². The second-order valence-electron chi connectivity index (χ2n) is 3.65. The van der Waals surface area contributed by atoms with Crippen molar-refractivity contribution in [3.05, 3.63) is 84.4 Å². The summed E-state index contributed by atoms with van der Waals surface area (Å²) in [6.45, 7) is 3.58. The van der Waals surface area contributed by atoms with Gasteiger partial charge in [-0.1, -0.05) is 54.6 Å². The largest absolute Gasteiger partial charge is 0.478 e. The molecule has 0 aromatic heterocycles. The Bertz CT molecular complexity index is 463. The van der Waals surface area contributed by atoms with Crippen LogP contribution in [0.1, 0.15) is 15.9 Å². The highest BCUT2D eigenvalue weighted by molar-refractivity contribution is 5.87. The van der Waals surface area contributed by atoms with Crippen molar-refractivity contribution in [1.29, 1.82) is 0 Å². The summed E-state index contributed by atoms with van der Waals surface area (Å²) in [7, 11) is 0. The second kappa shape index (κ2) is 7.85. The number of benzene rings is 2. The molecule has 0 fully saturated rings. The predicted molar refractivity (Wildman–Crippen MR) is 73.7 cm³/mol. The maximum atomic E-state index is 10.5. The Labute approximate surface area is 107 Å². The Morgan fingerprint density at radius 1 is 1.06 bits per heavy atom. The molecule has 18 heavy (non-hydrogen) atoms. The first kappa shape index (κ1) is 13.7. The molecular formula is C16H16O2. The molecule has 92 valence electrons. The van der Waals surface area contributed by atoms with E-state index in [1.807, 2.05) is 42.5 Å². The van der Waals surface area contributed by atoms with Crippen LogP contribution in [0.2, 0.25) is 0 Å². The van der Waals surface area contributed by atoms with Gasteiger partial charge in [-0.15, -0.1) is 6.58 Å². The Balaban J connectivity index is 0.000000225. The Morgan fingerprint density at radius 2 is 1.61 bits per heavy atom. The number of carbonyl (C=O) groups is 1. The number of carboxylic acid groups (broad SMARTS) is 1. The van der Waals surface area contributed by atoms with Gasteiger partial charge in [0.15, 0.2) is 0 Å². The third kappa shape index (κ3) is 5.12. The molecule has 0 saturated carbocycles. The highest BCUT2D eigenvalue weighted by Gasteiger charge is 2.01. The van der Waals surface area contributed by atoms with Crippen LogP contribution in [0.25, 0.3) is 0 Å². The summed E-state index contributed by atoms with van der Waals surface area (Å²) in [5, 5.41) is 8.65. The third-order valence-corrected chi connectivity index (χ3v) is 2.22. The average Bonchev–Trinajstić information content (AvgIpc) is 2.42. The normalized spacial score (nSPS) is 8.89. The van der Waals surface area contributed by atoms with E-state index in [0.29, 0.717) is 12.0 Å². The minimum atomic E-state index is -0.888. The summed E-state index contributed by atoms with van der Waals surface area (Å²) in [5.41, 5.74) is 1.30. The fourth-order valence-corrected chi connectivity index (χ4v) is 1.38. The summed E-state index contributed by atoms with van der Waals surface area (Å²) in [6, 6.07) is 18.9. The van der Waals surface area contributed by atoms with E-state index >= 15 is 0 Å². The Hall–Kier alpha value is -2.35. The van der Waals surface area contributed by atoms with Crippen LogP contribution in [0.3, 0.4) is 0 Å². The van der Waals surface area contributed by atoms with Gasteiger partial charge in [0, 0.05) is 0 Å². The lowest BCUT2D eigenvalue weighted by Gasteiger charge is -1.97. The molecule has 0 unspecified atom stereocenters. The maximum absolute atomic E-state index is 10.5. The van der Waals surface area contributed by atoms with Crippen molar-refractivity contribution in [2.75, 3.05) is 0 Å². The molecule has 0 saturated heterocycles. The molecule has 0 radical (unpaired) electrons. The van der Waals surface area contributed by atoms with Crippen molar-refractivity contribution in [2.45, 2.75) is 6.42 Å². The molecule has 0 bridgehead atoms. The molecule has 2 nitrogen and oxygen atoms in total. The number of hydrogen-bond donors (Lipinski definition) is 1. The molecule has 2 aromatic rings. The van der Waals surface area contributed by atoms with Gasteiger partial charge in [0.05, 0.1) is 5.56 Å². The summed E-state index contributed by atoms with van der Waals surface area (Å²) >= 11 is 0. The monoisotopic (exact) mass is 240 g/mol. The number of aromatic carboxylic acids is 1. The van der Waals surface area contributed by atoms with Crippen molar-refractivity contribution < 1.29 is 9.90 Å². The molecule has 2 aromatic carbocycles. The molecule has 0 amide bonds. The summed E-state index contributed by atoms with van der Waals surface area (Å²) < 4.78 is 0. The van der Waals surface area contributed by atoms with Crippen LogP contribution in [-0.4, -0.2) is 11.1 Å². The van der Waals surface area contributed by atoms with E-state index in [1.165, 1.54) is 0 Å². The lowest BCUT2D eigenvalue weighted by molar-refractivity contribution is 0.0697. The molecule has 2 heteroatoms. The van der Waals surface area contributed by atoms with Crippen LogP contribution in [0, 0.1) is 0 Å². The van der Waals surface area contributed by atoms with Gasteiger partial charge in [-0.05, 0) is 24.1 Å². The van der Waals surface area contributed by atoms with Gasteiger partial charge in [0.1, 0.15) is 0 Å². The topological polar surface area (TPSA) is 37.3 Å². The number of allylic oxidation sites excluding steroid dienone is 1. The van der Waals surface area contributed by atoms with Crippen LogP contribution in [0.4, 0.5) is 0 Å². The minimum absolute atomic E-state index is 0.328. The van der Waals surface area contributed by atoms with Crippen LogP contribution in [0.5, 0.6) is 0 Å². The van der Waals surface area contributed by atoms with Crippen molar-refractivity contribution >= 4 is 5.97 Å². The van der Waals surface area contributed by atoms with E-state index in [2.05, 4.69) is 6.58 Å². The van der Waals surface area contributed by atoms with Gasteiger partial charge in [-0.3, -0.25) is 0 Å². The molecule has 0 aliphatic heterocycles. The van der Waals surface area contributed by atoms with Crippen LogP contribution in [-0.2, 0) is 6.42 Å². The summed E-state index contributed by atoms with van der Waals surface area (Å²) in [5.74, 6) is -0.888. The van der Waals surface area contributed by atoms with Crippen molar-refractivity contribution in [3.8, 4) is 0 Å². The van der Waals surface area contributed by atoms with Crippen molar-refractivity contribution in [1.82, 2.24) is 0 Å². The van der Waals surface area contributed by atoms with Gasteiger partial charge in [-0.2, -0.15) is 0 Å². The molecular weight excluding hydrogens is 224 g/mol. The Kier molecular flexibility index (Phi) is 5.98. The highest BCUT2D eigenvalue weighted by atomic mass is 16.4. The van der Waals surface area contributed by atoms with Crippen molar-refractivity contribution in [3.63, 3.8) is 0 Å². The summed E-state index contributed by atoms with van der Waals surface area (Å²) in [4.78, 5) is 10.5. The van der Waals surface area contributed by atoms with E-state index in [4.69, 9.17) is 5.11 Å². The quantitative estimate of drug-likeness (QED) is 0.828. The van der Waals surface area contributed by atoms with Crippen molar-refractivity contribution in [2.24, 2.45) is 0 Å². The lowest BCUT2D eigenvalue weighted by atomic mass is 10.1. The standard InChI is InChI=1S/C10H10O2.C6H6/c1-2-4-8-5-3-6-9(7-8)10(11)12;1-2-4-6-5-3-1/h2-3,5-7H,1,4H2,(H,11,12);1-6H. The predicted octanol–water partition coefficient (Wildman–Crippen LogP) is 3.80. The van der Waals surface area contributed by atoms with Crippen LogP contribution in [0.15, 0.2) is 73.3 Å². The fourth-order valence-electron chi connectivity index (χ4n) is 1.38. The molecule has 0 atom stereocenters. The van der Waals surface area contributed by atoms with Gasteiger partial charge < -0.3 is 5.11 Å². The summed E-state index contributed by atoms with van der Waals surface area (Å²) in [6.07, 6.45) is 2.46. The fraction of sp³-hybridized carbons (Fsp3) is 0.0625. The zero-order chi connectivity index (χ0) is 13.2. The van der Waals surface area contributed by atoms with E-state index in [9.17, 15) is 4.79 Å². The van der Waals surface area contributed by atoms with E-state index in [1.54, 1.807) is 24.3 Å². The first-order chi connectivity index (χ1) is 8.74. The van der Waals surface area contributed by atoms with E-state index in [0.717, 1.165) is 5.56 Å². The highest BCUT2D eigenvalue weighted by Crippen LogP contribution is 2.05. The smallest absolute Gasteiger partial charge is 0.335 e. The molecule has 0 aliphatic rings. The maximum Gasteiger partial charge on any atom is 0.335 e. The third-order valence-electron chi connectivity index (χ3n) is 2.22. The molecule has 0 heterocycles. The molecule has 0 aliphatic carbocycles. The van der Waals surface area contributed by atoms with Gasteiger partial charge in [0.25, 0.3) is 0 Å². The van der Waals surface area contributed by atoms with Gasteiger partial charge in [0.2, 0.25) is 0 Å².